The average molecular weight is 475 g/mol. The third kappa shape index (κ3) is 5.83. The normalized spacial score (nSPS) is 18.3. The summed E-state index contributed by atoms with van der Waals surface area (Å²) in [4.78, 5) is 12.1. The van der Waals surface area contributed by atoms with Crippen LogP contribution in [0.2, 0.25) is 0 Å². The second-order valence-corrected chi connectivity index (χ2v) is 10.1. The molecule has 3 aromatic rings. The van der Waals surface area contributed by atoms with Gasteiger partial charge in [-0.3, -0.25) is 4.99 Å². The second kappa shape index (κ2) is 11.7. The summed E-state index contributed by atoms with van der Waals surface area (Å²) in [6, 6.07) is 7.69. The van der Waals surface area contributed by atoms with E-state index in [1.54, 1.807) is 6.33 Å². The molecular weight excluding hydrogens is 435 g/mol. The first-order valence-electron chi connectivity index (χ1n) is 13.3. The number of benzene rings is 2. The van der Waals surface area contributed by atoms with E-state index in [1.165, 1.54) is 43.7 Å². The highest BCUT2D eigenvalue weighted by Crippen LogP contribution is 2.37. The van der Waals surface area contributed by atoms with Gasteiger partial charge in [0, 0.05) is 17.5 Å². The SMILES string of the molecule is CC1CCCCC1.CCC/C=C(/N)c1c(F)cc(-c2ccc3c(c2)N=CC(CC)C3)c2nc[nH]c12. The molecule has 0 amide bonds. The number of allylic oxidation sites excluding steroid dienone is 1. The molecule has 1 aliphatic heterocycles. The molecular formula is C30H39FN4. The standard InChI is InChI=1S/C23H25FN4.C7H14/c1-3-5-6-19(25)21-18(24)11-17(22-23(21)28-13-27-22)15-7-8-16-9-14(4-2)12-26-20(16)10-15;1-7-5-3-2-4-6-7/h6-8,10-14H,3-5,9,25H2,1-2H3,(H,27,28);7H,2-6H2,1H3/b19-6+;. The smallest absolute Gasteiger partial charge is 0.135 e. The van der Waals surface area contributed by atoms with Crippen molar-refractivity contribution in [3.63, 3.8) is 0 Å². The minimum Gasteiger partial charge on any atom is -0.398 e. The number of H-pyrrole nitrogens is 1. The number of halogens is 1. The van der Waals surface area contributed by atoms with Gasteiger partial charge in [0.2, 0.25) is 0 Å². The summed E-state index contributed by atoms with van der Waals surface area (Å²) in [5.74, 6) is 1.18. The number of nitrogens with two attached hydrogens (primary N) is 1. The highest BCUT2D eigenvalue weighted by atomic mass is 19.1. The Morgan fingerprint density at radius 1 is 1.17 bits per heavy atom. The van der Waals surface area contributed by atoms with Gasteiger partial charge in [-0.25, -0.2) is 9.37 Å². The van der Waals surface area contributed by atoms with E-state index >= 15 is 4.39 Å². The zero-order valence-electron chi connectivity index (χ0n) is 21.4. The molecule has 35 heavy (non-hydrogen) atoms. The van der Waals surface area contributed by atoms with Gasteiger partial charge in [0.1, 0.15) is 5.82 Å². The number of aromatic nitrogens is 2. The molecule has 0 saturated heterocycles. The number of nitrogens with one attached hydrogen (secondary N) is 1. The largest absolute Gasteiger partial charge is 0.398 e. The number of aliphatic imine (C=N–C) groups is 1. The van der Waals surface area contributed by atoms with Gasteiger partial charge in [-0.05, 0) is 54.4 Å². The van der Waals surface area contributed by atoms with E-state index in [2.05, 4.69) is 41.8 Å². The van der Waals surface area contributed by atoms with Crippen molar-refractivity contribution in [2.75, 3.05) is 0 Å². The van der Waals surface area contributed by atoms with E-state index < -0.39 is 0 Å². The predicted molar refractivity (Wildman–Crippen MR) is 146 cm³/mol. The molecule has 1 atom stereocenters. The lowest BCUT2D eigenvalue weighted by molar-refractivity contribution is 0.385. The minimum atomic E-state index is -0.344. The zero-order chi connectivity index (χ0) is 24.8. The number of nitrogens with zero attached hydrogens (tertiary/aromatic N) is 2. The van der Waals surface area contributed by atoms with Crippen LogP contribution in [-0.4, -0.2) is 16.2 Å². The maximum Gasteiger partial charge on any atom is 0.135 e. The lowest BCUT2D eigenvalue weighted by Gasteiger charge is -2.18. The molecule has 5 rings (SSSR count). The number of aromatic amines is 1. The lowest BCUT2D eigenvalue weighted by Crippen LogP contribution is -2.08. The number of imidazole rings is 1. The summed E-state index contributed by atoms with van der Waals surface area (Å²) in [5, 5.41) is 0. The maximum atomic E-state index is 15.1. The summed E-state index contributed by atoms with van der Waals surface area (Å²) >= 11 is 0. The van der Waals surface area contributed by atoms with Gasteiger partial charge in [-0.15, -0.1) is 0 Å². The molecule has 0 bridgehead atoms. The van der Waals surface area contributed by atoms with Crippen LogP contribution in [0.15, 0.2) is 41.7 Å². The Hall–Kier alpha value is -2.95. The molecule has 1 fully saturated rings. The Morgan fingerprint density at radius 3 is 2.66 bits per heavy atom. The Labute approximate surface area is 209 Å². The van der Waals surface area contributed by atoms with Crippen LogP contribution in [0.1, 0.15) is 83.3 Å². The molecule has 5 heteroatoms. The van der Waals surface area contributed by atoms with Crippen LogP contribution in [0, 0.1) is 17.7 Å². The van der Waals surface area contributed by atoms with Crippen molar-refractivity contribution in [1.82, 2.24) is 9.97 Å². The van der Waals surface area contributed by atoms with Crippen LogP contribution in [0.5, 0.6) is 0 Å². The monoisotopic (exact) mass is 474 g/mol. The maximum absolute atomic E-state index is 15.1. The van der Waals surface area contributed by atoms with Gasteiger partial charge >= 0.3 is 0 Å². The van der Waals surface area contributed by atoms with E-state index in [1.807, 2.05) is 24.4 Å². The van der Waals surface area contributed by atoms with Crippen LogP contribution in [-0.2, 0) is 6.42 Å². The third-order valence-electron chi connectivity index (χ3n) is 7.32. The number of hydrogen-bond donors (Lipinski definition) is 2. The van der Waals surface area contributed by atoms with E-state index in [9.17, 15) is 0 Å². The summed E-state index contributed by atoms with van der Waals surface area (Å²) in [5.41, 5.74) is 12.2. The van der Waals surface area contributed by atoms with Gasteiger partial charge in [0.25, 0.3) is 0 Å². The van der Waals surface area contributed by atoms with E-state index in [0.717, 1.165) is 53.9 Å². The Kier molecular flexibility index (Phi) is 8.37. The van der Waals surface area contributed by atoms with Gasteiger partial charge in [0.05, 0.1) is 28.6 Å². The molecule has 1 unspecified atom stereocenters. The van der Waals surface area contributed by atoms with Gasteiger partial charge < -0.3 is 10.7 Å². The summed E-state index contributed by atoms with van der Waals surface area (Å²) < 4.78 is 15.1. The van der Waals surface area contributed by atoms with E-state index in [-0.39, 0.29) is 5.82 Å². The number of rotatable bonds is 5. The average Bonchev–Trinajstić information content (AvgIpc) is 3.36. The van der Waals surface area contributed by atoms with E-state index in [4.69, 9.17) is 5.73 Å². The first-order valence-corrected chi connectivity index (χ1v) is 13.3. The molecule has 1 aliphatic carbocycles. The Balaban J connectivity index is 0.000000356. The zero-order valence-corrected chi connectivity index (χ0v) is 21.4. The molecule has 2 heterocycles. The van der Waals surface area contributed by atoms with Crippen molar-refractivity contribution < 1.29 is 4.39 Å². The molecule has 3 N–H and O–H groups in total. The topological polar surface area (TPSA) is 67.1 Å². The summed E-state index contributed by atoms with van der Waals surface area (Å²) in [6.07, 6.45) is 16.8. The number of unbranched alkanes of at least 4 members (excludes halogenated alkanes) is 1. The van der Waals surface area contributed by atoms with Gasteiger partial charge in [-0.1, -0.05) is 77.5 Å². The second-order valence-electron chi connectivity index (χ2n) is 10.1. The predicted octanol–water partition coefficient (Wildman–Crippen LogP) is 8.34. The fraction of sp³-hybridized carbons (Fsp3) is 0.467. The Bertz CT molecular complexity index is 1200. The minimum absolute atomic E-state index is 0.344. The van der Waals surface area contributed by atoms with Crippen LogP contribution < -0.4 is 5.73 Å². The first-order chi connectivity index (χ1) is 17.0. The van der Waals surface area contributed by atoms with Crippen molar-refractivity contribution in [3.8, 4) is 11.1 Å². The van der Waals surface area contributed by atoms with Crippen molar-refractivity contribution in [1.29, 1.82) is 0 Å². The molecule has 1 saturated carbocycles. The summed E-state index contributed by atoms with van der Waals surface area (Å²) in [7, 11) is 0. The van der Waals surface area contributed by atoms with Crippen molar-refractivity contribution in [2.24, 2.45) is 22.6 Å². The molecule has 0 radical (unpaired) electrons. The molecule has 1 aromatic heterocycles. The highest BCUT2D eigenvalue weighted by Gasteiger charge is 2.19. The quantitative estimate of drug-likeness (QED) is 0.390. The number of fused-ring (bicyclic) bond motifs is 2. The van der Waals surface area contributed by atoms with Crippen LogP contribution in [0.25, 0.3) is 27.9 Å². The van der Waals surface area contributed by atoms with Gasteiger partial charge in [-0.2, -0.15) is 0 Å². The number of hydrogen-bond acceptors (Lipinski definition) is 3. The lowest BCUT2D eigenvalue weighted by atomic mass is 9.91. The molecule has 4 nitrogen and oxygen atoms in total. The van der Waals surface area contributed by atoms with Crippen molar-refractivity contribution in [3.05, 3.63) is 53.6 Å². The fourth-order valence-corrected chi connectivity index (χ4v) is 5.08. The molecule has 186 valence electrons. The van der Waals surface area contributed by atoms with Crippen molar-refractivity contribution in [2.45, 2.75) is 78.6 Å². The van der Waals surface area contributed by atoms with E-state index in [0.29, 0.717) is 22.7 Å². The molecule has 0 spiro atoms. The highest BCUT2D eigenvalue weighted by molar-refractivity contribution is 5.98. The fourth-order valence-electron chi connectivity index (χ4n) is 5.08. The Morgan fingerprint density at radius 2 is 1.97 bits per heavy atom. The van der Waals surface area contributed by atoms with Crippen LogP contribution in [0.4, 0.5) is 10.1 Å². The first kappa shape index (κ1) is 25.2. The van der Waals surface area contributed by atoms with Gasteiger partial charge in [0.15, 0.2) is 0 Å². The van der Waals surface area contributed by atoms with Crippen molar-refractivity contribution >= 4 is 28.6 Å². The van der Waals surface area contributed by atoms with Crippen LogP contribution in [0.3, 0.4) is 0 Å². The molecule has 2 aliphatic rings. The van der Waals surface area contributed by atoms with Crippen LogP contribution >= 0.6 is 0 Å². The third-order valence-corrected chi connectivity index (χ3v) is 7.32. The molecule has 2 aromatic carbocycles. The summed E-state index contributed by atoms with van der Waals surface area (Å²) in [6.45, 7) is 6.60.